The Morgan fingerprint density at radius 2 is 1.85 bits per heavy atom. The second-order valence-corrected chi connectivity index (χ2v) is 10.0. The van der Waals surface area contributed by atoms with Crippen molar-refractivity contribution < 1.29 is 19.5 Å². The fraction of sp³-hybridized carbons (Fsp3) is 0.783. The summed E-state index contributed by atoms with van der Waals surface area (Å²) in [5.74, 6) is 1.85. The molecule has 0 radical (unpaired) electrons. The van der Waals surface area contributed by atoms with Crippen LogP contribution in [-0.2, 0) is 14.4 Å². The average molecular weight is 373 g/mol. The Morgan fingerprint density at radius 1 is 1.11 bits per heavy atom. The van der Waals surface area contributed by atoms with Crippen molar-refractivity contribution in [1.29, 1.82) is 0 Å². The highest BCUT2D eigenvalue weighted by atomic mass is 16.4. The molecule has 0 aliphatic heterocycles. The van der Waals surface area contributed by atoms with E-state index in [2.05, 4.69) is 13.8 Å². The first-order chi connectivity index (χ1) is 12.8. The second kappa shape index (κ2) is 6.56. The molecule has 3 fully saturated rings. The van der Waals surface area contributed by atoms with Gasteiger partial charge in [0.15, 0.2) is 5.78 Å². The Balaban J connectivity index is 1.68. The van der Waals surface area contributed by atoms with E-state index < -0.39 is 5.97 Å². The third-order valence-corrected chi connectivity index (χ3v) is 8.81. The zero-order valence-electron chi connectivity index (χ0n) is 16.6. The molecule has 0 saturated heterocycles. The Morgan fingerprint density at radius 3 is 2.59 bits per heavy atom. The van der Waals surface area contributed by atoms with Crippen molar-refractivity contribution in [2.45, 2.75) is 78.1 Å². The lowest BCUT2D eigenvalue weighted by atomic mass is 9.44. The molecule has 27 heavy (non-hydrogen) atoms. The minimum Gasteiger partial charge on any atom is -0.481 e. The van der Waals surface area contributed by atoms with E-state index in [0.717, 1.165) is 38.5 Å². The molecule has 1 N–H and O–H groups in total. The van der Waals surface area contributed by atoms with Gasteiger partial charge in [0, 0.05) is 24.7 Å². The summed E-state index contributed by atoms with van der Waals surface area (Å²) in [5, 5.41) is 9.06. The molecule has 4 aliphatic carbocycles. The van der Waals surface area contributed by atoms with Crippen LogP contribution in [0.5, 0.6) is 0 Å². The third kappa shape index (κ3) is 2.91. The van der Waals surface area contributed by atoms with Crippen LogP contribution >= 0.6 is 0 Å². The number of Topliss-reactive ketones (excluding diaryl/α,β-unsaturated/α-hetero) is 1. The summed E-state index contributed by atoms with van der Waals surface area (Å²) in [4.78, 5) is 35.8. The van der Waals surface area contributed by atoms with Gasteiger partial charge in [-0.1, -0.05) is 19.4 Å². The number of hydrogen-bond acceptors (Lipinski definition) is 3. The molecule has 0 aromatic rings. The number of ketones is 2. The van der Waals surface area contributed by atoms with E-state index in [4.69, 9.17) is 5.11 Å². The largest absolute Gasteiger partial charge is 0.481 e. The number of carboxylic acid groups (broad SMARTS) is 1. The fourth-order valence-electron chi connectivity index (χ4n) is 7.29. The summed E-state index contributed by atoms with van der Waals surface area (Å²) in [6.07, 6.45) is 9.99. The van der Waals surface area contributed by atoms with Gasteiger partial charge in [-0.3, -0.25) is 14.4 Å². The van der Waals surface area contributed by atoms with Gasteiger partial charge in [-0.25, -0.2) is 0 Å². The number of carbonyl (C=O) groups is 3. The van der Waals surface area contributed by atoms with Crippen molar-refractivity contribution >= 4 is 17.5 Å². The third-order valence-electron chi connectivity index (χ3n) is 8.81. The molecule has 4 aliphatic rings. The monoisotopic (exact) mass is 372 g/mol. The number of carbonyl (C=O) groups excluding carboxylic acids is 2. The summed E-state index contributed by atoms with van der Waals surface area (Å²) in [5.41, 5.74) is 1.23. The molecule has 3 saturated carbocycles. The van der Waals surface area contributed by atoms with Gasteiger partial charge < -0.3 is 5.11 Å². The number of rotatable bonds is 4. The summed E-state index contributed by atoms with van der Waals surface area (Å²) in [6, 6.07) is 0. The summed E-state index contributed by atoms with van der Waals surface area (Å²) in [7, 11) is 0. The van der Waals surface area contributed by atoms with Crippen LogP contribution < -0.4 is 0 Å². The average Bonchev–Trinajstić information content (AvgIpc) is 2.91. The Bertz CT molecular complexity index is 707. The van der Waals surface area contributed by atoms with E-state index in [1.165, 1.54) is 5.57 Å². The lowest BCUT2D eigenvalue weighted by Gasteiger charge is -2.59. The summed E-state index contributed by atoms with van der Waals surface area (Å²) < 4.78 is 0. The van der Waals surface area contributed by atoms with Gasteiger partial charge in [0.05, 0.1) is 0 Å². The predicted octanol–water partition coefficient (Wildman–Crippen LogP) is 4.57. The molecular weight excluding hydrogens is 340 g/mol. The van der Waals surface area contributed by atoms with Gasteiger partial charge in [-0.2, -0.15) is 0 Å². The van der Waals surface area contributed by atoms with Crippen LogP contribution in [0.2, 0.25) is 0 Å². The second-order valence-electron chi connectivity index (χ2n) is 10.0. The van der Waals surface area contributed by atoms with Gasteiger partial charge in [0.2, 0.25) is 0 Å². The topological polar surface area (TPSA) is 71.4 Å². The lowest BCUT2D eigenvalue weighted by Crippen LogP contribution is -2.53. The smallest absolute Gasteiger partial charge is 0.303 e. The SMILES string of the molecule is C[C@]12CCC(=O)C=C1CC(CCCC(=O)O)[C@@H]1[C@@H]2CC[C@]2(C)C(=O)CC[C@@H]12. The first-order valence-electron chi connectivity index (χ1n) is 10.7. The van der Waals surface area contributed by atoms with Crippen LogP contribution in [0.3, 0.4) is 0 Å². The van der Waals surface area contributed by atoms with E-state index in [0.29, 0.717) is 48.7 Å². The molecule has 148 valence electrons. The molecule has 0 bridgehead atoms. The van der Waals surface area contributed by atoms with Crippen molar-refractivity contribution in [1.82, 2.24) is 0 Å². The minimum absolute atomic E-state index is 0.0921. The molecule has 4 rings (SSSR count). The van der Waals surface area contributed by atoms with Crippen LogP contribution in [0.4, 0.5) is 0 Å². The normalized spacial score (nSPS) is 43.6. The van der Waals surface area contributed by atoms with Gasteiger partial charge in [0.25, 0.3) is 0 Å². The zero-order chi connectivity index (χ0) is 19.4. The van der Waals surface area contributed by atoms with Crippen molar-refractivity contribution in [2.75, 3.05) is 0 Å². The molecule has 0 spiro atoms. The van der Waals surface area contributed by atoms with Crippen LogP contribution in [0.15, 0.2) is 11.6 Å². The molecule has 6 atom stereocenters. The fourth-order valence-corrected chi connectivity index (χ4v) is 7.29. The highest BCUT2D eigenvalue weighted by Crippen LogP contribution is 2.66. The molecular formula is C23H32O4. The maximum atomic E-state index is 12.7. The van der Waals surface area contributed by atoms with Gasteiger partial charge >= 0.3 is 5.97 Å². The molecule has 0 aromatic carbocycles. The zero-order valence-corrected chi connectivity index (χ0v) is 16.6. The number of hydrogen-bond donors (Lipinski definition) is 1. The van der Waals surface area contributed by atoms with E-state index in [9.17, 15) is 14.4 Å². The highest BCUT2D eigenvalue weighted by molar-refractivity contribution is 5.91. The molecule has 0 aromatic heterocycles. The Labute approximate surface area is 161 Å². The molecule has 4 heteroatoms. The number of allylic oxidation sites excluding steroid dienone is 1. The Hall–Kier alpha value is -1.45. The van der Waals surface area contributed by atoms with E-state index in [-0.39, 0.29) is 23.0 Å². The highest BCUT2D eigenvalue weighted by Gasteiger charge is 2.61. The standard InChI is InChI=1S/C23H32O4/c1-22-10-8-16(24)13-15(22)12-14(4-3-5-20(26)27)21-17-6-7-19(25)23(17,2)11-9-18(21)22/h13-14,17-18,21H,3-12H2,1-2H3,(H,26,27)/t14?,17-,18-,21-,22-,23-/m0/s1. The van der Waals surface area contributed by atoms with Crippen molar-refractivity contribution in [2.24, 2.45) is 34.5 Å². The van der Waals surface area contributed by atoms with Crippen molar-refractivity contribution in [3.8, 4) is 0 Å². The van der Waals surface area contributed by atoms with Crippen LogP contribution in [0.25, 0.3) is 0 Å². The quantitative estimate of drug-likeness (QED) is 0.785. The maximum Gasteiger partial charge on any atom is 0.303 e. The molecule has 0 amide bonds. The molecule has 4 nitrogen and oxygen atoms in total. The lowest BCUT2D eigenvalue weighted by molar-refractivity contribution is -0.137. The Kier molecular flexibility index (Phi) is 4.59. The molecule has 0 heterocycles. The first-order valence-corrected chi connectivity index (χ1v) is 10.7. The number of fused-ring (bicyclic) bond motifs is 5. The maximum absolute atomic E-state index is 12.7. The summed E-state index contributed by atoms with van der Waals surface area (Å²) >= 11 is 0. The number of carboxylic acids is 1. The van der Waals surface area contributed by atoms with Gasteiger partial charge in [-0.15, -0.1) is 0 Å². The van der Waals surface area contributed by atoms with E-state index >= 15 is 0 Å². The van der Waals surface area contributed by atoms with Gasteiger partial charge in [0.1, 0.15) is 5.78 Å². The molecule has 1 unspecified atom stereocenters. The predicted molar refractivity (Wildman–Crippen MR) is 102 cm³/mol. The first kappa shape index (κ1) is 18.9. The van der Waals surface area contributed by atoms with Crippen LogP contribution in [0, 0.1) is 34.5 Å². The van der Waals surface area contributed by atoms with Crippen molar-refractivity contribution in [3.05, 3.63) is 11.6 Å². The summed E-state index contributed by atoms with van der Waals surface area (Å²) in [6.45, 7) is 4.55. The van der Waals surface area contributed by atoms with Crippen LogP contribution in [-0.4, -0.2) is 22.6 Å². The minimum atomic E-state index is -0.733. The van der Waals surface area contributed by atoms with E-state index in [1.807, 2.05) is 6.08 Å². The van der Waals surface area contributed by atoms with Crippen molar-refractivity contribution in [3.63, 3.8) is 0 Å². The van der Waals surface area contributed by atoms with E-state index in [1.54, 1.807) is 0 Å². The van der Waals surface area contributed by atoms with Crippen LogP contribution in [0.1, 0.15) is 78.1 Å². The van der Waals surface area contributed by atoms with Gasteiger partial charge in [-0.05, 0) is 80.1 Å². The number of aliphatic carboxylic acids is 1.